The summed E-state index contributed by atoms with van der Waals surface area (Å²) in [5.41, 5.74) is 1.07. The van der Waals surface area contributed by atoms with Crippen LogP contribution in [-0.4, -0.2) is 56.9 Å². The lowest BCUT2D eigenvalue weighted by Crippen LogP contribution is -2.53. The molecule has 274 valence electrons. The highest BCUT2D eigenvalue weighted by atomic mass is 35.5. The number of alkyl halides is 3. The number of carbonyl (C=O) groups is 2. The lowest BCUT2D eigenvalue weighted by atomic mass is 9.86. The van der Waals surface area contributed by atoms with E-state index in [-0.39, 0.29) is 36.2 Å². The first-order valence-electron chi connectivity index (χ1n) is 16.7. The summed E-state index contributed by atoms with van der Waals surface area (Å²) in [6.45, 7) is 2.36. The van der Waals surface area contributed by atoms with Crippen LogP contribution < -0.4 is 19.4 Å². The molecule has 14 heteroatoms. The van der Waals surface area contributed by atoms with Gasteiger partial charge in [0.15, 0.2) is 23.9 Å². The summed E-state index contributed by atoms with van der Waals surface area (Å²) < 4.78 is 63.8. The fourth-order valence-corrected chi connectivity index (χ4v) is 7.14. The van der Waals surface area contributed by atoms with Crippen LogP contribution in [0.1, 0.15) is 51.6 Å². The van der Waals surface area contributed by atoms with Crippen molar-refractivity contribution < 1.29 is 46.7 Å². The summed E-state index contributed by atoms with van der Waals surface area (Å²) in [6.07, 6.45) is -1.45. The van der Waals surface area contributed by atoms with Crippen LogP contribution in [-0.2, 0) is 28.6 Å². The maximum absolute atomic E-state index is 13.7. The lowest BCUT2D eigenvalue weighted by Gasteiger charge is -2.44. The molecule has 2 bridgehead atoms. The van der Waals surface area contributed by atoms with Crippen LogP contribution in [0.15, 0.2) is 79.1 Å². The van der Waals surface area contributed by atoms with Gasteiger partial charge in [0, 0.05) is 24.2 Å². The van der Waals surface area contributed by atoms with E-state index in [9.17, 15) is 22.8 Å². The fourth-order valence-electron chi connectivity index (χ4n) is 6.61. The maximum Gasteiger partial charge on any atom is 0.416 e. The Bertz CT molecular complexity index is 1880. The highest BCUT2D eigenvalue weighted by molar-refractivity contribution is 6.35. The SMILES string of the molecule is COc1ccc([C@H](Cc2c(Cl)c[nH+]cc2Cl)OC(=O)c2ccc(CN(C(=O)O[C@H]3CN4CCC3CC4)c3cccc(C(F)(F)F)c3)cc2)cc1OC. The lowest BCUT2D eigenvalue weighted by molar-refractivity contribution is -0.377. The fraction of sp³-hybridized carbons (Fsp3) is 0.342. The topological polar surface area (TPSA) is 91.7 Å². The number of fused-ring (bicyclic) bond motifs is 3. The number of nitrogens with zero attached hydrogens (tertiary/aromatic N) is 2. The van der Waals surface area contributed by atoms with E-state index < -0.39 is 29.9 Å². The molecule has 3 saturated heterocycles. The number of ether oxygens (including phenoxy) is 4. The van der Waals surface area contributed by atoms with Gasteiger partial charge >= 0.3 is 18.2 Å². The number of amides is 1. The van der Waals surface area contributed by atoms with Crippen molar-refractivity contribution in [3.8, 4) is 11.5 Å². The predicted molar refractivity (Wildman–Crippen MR) is 188 cm³/mol. The number of aromatic amines is 1. The van der Waals surface area contributed by atoms with E-state index in [4.69, 9.17) is 42.1 Å². The molecule has 1 N–H and O–H groups in total. The van der Waals surface area contributed by atoms with E-state index in [1.807, 2.05) is 0 Å². The molecule has 4 aromatic rings. The molecule has 0 spiro atoms. The molecule has 3 aliphatic rings. The molecular formula is C38H37Cl2F3N3O6+. The summed E-state index contributed by atoms with van der Waals surface area (Å²) in [6, 6.07) is 16.0. The molecule has 1 amide bonds. The van der Waals surface area contributed by atoms with E-state index in [0.717, 1.165) is 38.1 Å². The highest BCUT2D eigenvalue weighted by Gasteiger charge is 2.38. The van der Waals surface area contributed by atoms with Crippen molar-refractivity contribution in [2.24, 2.45) is 5.92 Å². The largest absolute Gasteiger partial charge is 0.493 e. The van der Waals surface area contributed by atoms with Crippen molar-refractivity contribution in [2.45, 2.75) is 44.2 Å². The minimum absolute atomic E-state index is 0.0400. The molecule has 3 aliphatic heterocycles. The summed E-state index contributed by atoms with van der Waals surface area (Å²) in [4.78, 5) is 33.5. The van der Waals surface area contributed by atoms with Crippen LogP contribution in [0.4, 0.5) is 23.7 Å². The number of H-pyrrole nitrogens is 1. The number of aromatic nitrogens is 1. The number of hydrogen-bond donors (Lipinski definition) is 0. The van der Waals surface area contributed by atoms with Gasteiger partial charge in [-0.3, -0.25) is 9.80 Å². The number of hydrogen-bond acceptors (Lipinski definition) is 7. The Morgan fingerprint density at radius 3 is 2.25 bits per heavy atom. The van der Waals surface area contributed by atoms with Gasteiger partial charge in [0.25, 0.3) is 0 Å². The number of methoxy groups -OCH3 is 2. The second kappa shape index (κ2) is 16.0. The Kier molecular flexibility index (Phi) is 11.5. The first kappa shape index (κ1) is 37.2. The third kappa shape index (κ3) is 8.57. The minimum atomic E-state index is -4.60. The van der Waals surface area contributed by atoms with Crippen LogP contribution >= 0.6 is 23.2 Å². The van der Waals surface area contributed by atoms with E-state index in [0.29, 0.717) is 44.8 Å². The standard InChI is InChI=1S/C38H36Cl2F3N3O6/c1-49-32-11-10-26(16-34(32)50-2)33(18-29-30(39)19-44-20-31(29)40)51-36(47)25-8-6-23(7-9-25)21-46(28-5-3-4-27(17-28)38(41,42)43)37(48)52-35-22-45-14-12-24(35)13-15-45/h3-11,16-17,19-20,24,33,35H,12-15,18,21-22H2,1-2H3/p+1/t33-,35-/m0/s1. The molecule has 3 aromatic carbocycles. The molecule has 9 nitrogen and oxygen atoms in total. The molecule has 4 heterocycles. The van der Waals surface area contributed by atoms with Gasteiger partial charge in [-0.15, -0.1) is 0 Å². The monoisotopic (exact) mass is 758 g/mol. The van der Waals surface area contributed by atoms with E-state index >= 15 is 0 Å². The van der Waals surface area contributed by atoms with Crippen molar-refractivity contribution in [3.63, 3.8) is 0 Å². The quantitative estimate of drug-likeness (QED) is 0.142. The van der Waals surface area contributed by atoms with Gasteiger partial charge in [0.1, 0.15) is 22.3 Å². The van der Waals surface area contributed by atoms with Crippen molar-refractivity contribution in [3.05, 3.63) is 117 Å². The average molecular weight is 760 g/mol. The number of esters is 1. The number of pyridine rings is 1. The van der Waals surface area contributed by atoms with Crippen molar-refractivity contribution >= 4 is 41.0 Å². The number of benzene rings is 3. The van der Waals surface area contributed by atoms with Gasteiger partial charge < -0.3 is 18.9 Å². The van der Waals surface area contributed by atoms with Crippen LogP contribution in [0, 0.1) is 5.92 Å². The minimum Gasteiger partial charge on any atom is -0.493 e. The number of carbonyl (C=O) groups excluding carboxylic acids is 2. The predicted octanol–water partition coefficient (Wildman–Crippen LogP) is 8.22. The Morgan fingerprint density at radius 2 is 1.63 bits per heavy atom. The second-order valence-electron chi connectivity index (χ2n) is 12.7. The normalized spacial score (nSPS) is 18.7. The average Bonchev–Trinajstić information content (AvgIpc) is 3.15. The van der Waals surface area contributed by atoms with Gasteiger partial charge in [-0.2, -0.15) is 13.2 Å². The van der Waals surface area contributed by atoms with Gasteiger partial charge in [-0.25, -0.2) is 14.6 Å². The van der Waals surface area contributed by atoms with Gasteiger partial charge in [-0.1, -0.05) is 47.5 Å². The summed E-state index contributed by atoms with van der Waals surface area (Å²) in [7, 11) is 3.01. The molecule has 7 rings (SSSR count). The maximum atomic E-state index is 13.7. The first-order chi connectivity index (χ1) is 24.9. The molecule has 1 aromatic heterocycles. The molecule has 0 unspecified atom stereocenters. The van der Waals surface area contributed by atoms with Crippen LogP contribution in [0.2, 0.25) is 10.0 Å². The molecule has 3 fully saturated rings. The Hall–Kier alpha value is -4.52. The molecule has 52 heavy (non-hydrogen) atoms. The molecule has 2 atom stereocenters. The third-order valence-electron chi connectivity index (χ3n) is 9.50. The second-order valence-corrected chi connectivity index (χ2v) is 13.5. The number of anilines is 1. The van der Waals surface area contributed by atoms with E-state index in [1.54, 1.807) is 42.7 Å². The van der Waals surface area contributed by atoms with Crippen molar-refractivity contribution in [1.29, 1.82) is 0 Å². The summed E-state index contributed by atoms with van der Waals surface area (Å²) >= 11 is 12.9. The number of nitrogens with one attached hydrogen (secondary N) is 1. The first-order valence-corrected chi connectivity index (χ1v) is 17.4. The number of piperidine rings is 3. The van der Waals surface area contributed by atoms with Gasteiger partial charge in [0.05, 0.1) is 31.9 Å². The third-order valence-corrected chi connectivity index (χ3v) is 10.2. The van der Waals surface area contributed by atoms with E-state index in [2.05, 4.69) is 9.88 Å². The van der Waals surface area contributed by atoms with Crippen LogP contribution in [0.25, 0.3) is 0 Å². The zero-order valence-corrected chi connectivity index (χ0v) is 29.9. The summed E-state index contributed by atoms with van der Waals surface area (Å²) in [5, 5.41) is 0.714. The Morgan fingerprint density at radius 1 is 0.942 bits per heavy atom. The zero-order chi connectivity index (χ0) is 37.0. The van der Waals surface area contributed by atoms with Crippen molar-refractivity contribution in [1.82, 2.24) is 4.90 Å². The Balaban J connectivity index is 1.23. The van der Waals surface area contributed by atoms with Crippen LogP contribution in [0.5, 0.6) is 11.5 Å². The van der Waals surface area contributed by atoms with Gasteiger partial charge in [0.2, 0.25) is 0 Å². The number of rotatable bonds is 11. The van der Waals surface area contributed by atoms with Crippen molar-refractivity contribution in [2.75, 3.05) is 38.8 Å². The molecule has 0 radical (unpaired) electrons. The van der Waals surface area contributed by atoms with E-state index in [1.165, 1.54) is 43.4 Å². The summed E-state index contributed by atoms with van der Waals surface area (Å²) in [5.74, 6) is 0.473. The van der Waals surface area contributed by atoms with Gasteiger partial charge in [-0.05, 0) is 85.4 Å². The highest BCUT2D eigenvalue weighted by Crippen LogP contribution is 2.37. The molecule has 0 aliphatic carbocycles. The van der Waals surface area contributed by atoms with Crippen LogP contribution in [0.3, 0.4) is 0 Å². The number of halogens is 5. The zero-order valence-electron chi connectivity index (χ0n) is 28.4. The Labute approximate surface area is 309 Å². The molecule has 0 saturated carbocycles. The smallest absolute Gasteiger partial charge is 0.416 e. The molecular weight excluding hydrogens is 722 g/mol.